The first-order valence-electron chi connectivity index (χ1n) is 13.9. The second-order valence-corrected chi connectivity index (χ2v) is 13.3. The quantitative estimate of drug-likeness (QED) is 0.356. The molecular formula is C29H33F3N6O3S. The zero-order valence-corrected chi connectivity index (χ0v) is 24.2. The summed E-state index contributed by atoms with van der Waals surface area (Å²) in [5, 5.41) is 5.65. The lowest BCUT2D eigenvalue weighted by Gasteiger charge is -2.29. The Morgan fingerprint density at radius 1 is 1.07 bits per heavy atom. The molecule has 42 heavy (non-hydrogen) atoms. The van der Waals surface area contributed by atoms with Gasteiger partial charge in [-0.05, 0) is 80.2 Å². The fourth-order valence-electron chi connectivity index (χ4n) is 6.01. The number of pyridine rings is 1. The van der Waals surface area contributed by atoms with Crippen LogP contribution in [-0.4, -0.2) is 47.6 Å². The number of carbonyl (C=O) groups is 1. The lowest BCUT2D eigenvalue weighted by molar-refractivity contribution is -0.138. The van der Waals surface area contributed by atoms with Gasteiger partial charge in [0.1, 0.15) is 5.82 Å². The molecule has 2 N–H and O–H groups in total. The van der Waals surface area contributed by atoms with E-state index in [1.165, 1.54) is 12.1 Å². The van der Waals surface area contributed by atoms with Crippen molar-refractivity contribution in [3.8, 4) is 11.4 Å². The molecule has 2 heterocycles. The molecule has 1 amide bonds. The second kappa shape index (κ2) is 11.6. The Morgan fingerprint density at radius 3 is 2.43 bits per heavy atom. The van der Waals surface area contributed by atoms with Crippen molar-refractivity contribution in [2.45, 2.75) is 62.6 Å². The van der Waals surface area contributed by atoms with Gasteiger partial charge < -0.3 is 10.6 Å². The summed E-state index contributed by atoms with van der Waals surface area (Å²) >= 11 is 0. The number of sulfone groups is 1. The van der Waals surface area contributed by atoms with Crippen LogP contribution < -0.4 is 10.6 Å². The minimum absolute atomic E-state index is 0.0401. The van der Waals surface area contributed by atoms with Crippen molar-refractivity contribution in [3.63, 3.8) is 0 Å². The largest absolute Gasteiger partial charge is 0.416 e. The van der Waals surface area contributed by atoms with Gasteiger partial charge in [-0.15, -0.1) is 0 Å². The van der Waals surface area contributed by atoms with E-state index in [2.05, 4.69) is 30.6 Å². The molecule has 0 bridgehead atoms. The zero-order chi connectivity index (χ0) is 30.1. The molecule has 0 aliphatic heterocycles. The van der Waals surface area contributed by atoms with Crippen molar-refractivity contribution in [1.29, 1.82) is 0 Å². The van der Waals surface area contributed by atoms with Gasteiger partial charge in [-0.3, -0.25) is 9.78 Å². The summed E-state index contributed by atoms with van der Waals surface area (Å²) in [5.74, 6) is 1.64. The zero-order valence-electron chi connectivity index (χ0n) is 23.4. The van der Waals surface area contributed by atoms with Crippen LogP contribution in [0, 0.1) is 17.3 Å². The third-order valence-electron chi connectivity index (χ3n) is 8.54. The third kappa shape index (κ3) is 6.71. The molecule has 2 fully saturated rings. The van der Waals surface area contributed by atoms with E-state index in [0.717, 1.165) is 50.4 Å². The Labute approximate surface area is 242 Å². The number of hydrogen-bond acceptors (Lipinski definition) is 8. The second-order valence-electron chi connectivity index (χ2n) is 11.3. The maximum Gasteiger partial charge on any atom is 0.416 e. The number of aryl methyl sites for hydroxylation is 1. The number of rotatable bonds is 9. The van der Waals surface area contributed by atoms with E-state index in [1.807, 2.05) is 0 Å². The summed E-state index contributed by atoms with van der Waals surface area (Å²) in [4.78, 5) is 30.4. The lowest BCUT2D eigenvalue weighted by atomic mass is 9.77. The fourth-order valence-corrected chi connectivity index (χ4v) is 6.64. The molecule has 0 saturated heterocycles. The first kappa shape index (κ1) is 29.9. The average Bonchev–Trinajstić information content (AvgIpc) is 3.65. The monoisotopic (exact) mass is 602 g/mol. The van der Waals surface area contributed by atoms with Crippen LogP contribution in [0.1, 0.15) is 55.5 Å². The molecule has 5 rings (SSSR count). The van der Waals surface area contributed by atoms with Crippen LogP contribution >= 0.6 is 0 Å². The molecule has 1 atom stereocenters. The maximum atomic E-state index is 13.2. The normalized spacial score (nSPS) is 22.1. The van der Waals surface area contributed by atoms with Crippen molar-refractivity contribution in [2.24, 2.45) is 17.3 Å². The highest BCUT2D eigenvalue weighted by Gasteiger charge is 2.54. The predicted molar refractivity (Wildman–Crippen MR) is 150 cm³/mol. The van der Waals surface area contributed by atoms with Crippen LogP contribution in [0.3, 0.4) is 0 Å². The van der Waals surface area contributed by atoms with Gasteiger partial charge in [0.2, 0.25) is 11.9 Å². The molecule has 2 aliphatic carbocycles. The van der Waals surface area contributed by atoms with Crippen molar-refractivity contribution in [2.75, 3.05) is 18.6 Å². The van der Waals surface area contributed by atoms with Crippen LogP contribution in [-0.2, 0) is 33.8 Å². The molecule has 2 saturated carbocycles. The van der Waals surface area contributed by atoms with Gasteiger partial charge >= 0.3 is 6.18 Å². The average molecular weight is 603 g/mol. The minimum Gasteiger partial charge on any atom is -0.357 e. The van der Waals surface area contributed by atoms with E-state index in [4.69, 9.17) is 0 Å². The van der Waals surface area contributed by atoms with Crippen molar-refractivity contribution in [3.05, 3.63) is 59.7 Å². The number of amides is 1. The predicted octanol–water partition coefficient (Wildman–Crippen LogP) is 4.84. The minimum atomic E-state index is -4.50. The van der Waals surface area contributed by atoms with Gasteiger partial charge in [-0.1, -0.05) is 0 Å². The Bertz CT molecular complexity index is 1560. The summed E-state index contributed by atoms with van der Waals surface area (Å²) in [6, 6.07) is 7.37. The Balaban J connectivity index is 1.14. The van der Waals surface area contributed by atoms with E-state index in [1.54, 1.807) is 19.2 Å². The third-order valence-corrected chi connectivity index (χ3v) is 9.66. The molecule has 13 heteroatoms. The van der Waals surface area contributed by atoms with Gasteiger partial charge in [0.25, 0.3) is 0 Å². The highest BCUT2D eigenvalue weighted by Crippen LogP contribution is 2.63. The summed E-state index contributed by atoms with van der Waals surface area (Å²) < 4.78 is 63.3. The smallest absolute Gasteiger partial charge is 0.357 e. The number of halogens is 3. The number of benzene rings is 1. The molecular weight excluding hydrogens is 569 g/mol. The van der Waals surface area contributed by atoms with E-state index in [-0.39, 0.29) is 34.2 Å². The van der Waals surface area contributed by atoms with Crippen LogP contribution in [0.25, 0.3) is 11.4 Å². The van der Waals surface area contributed by atoms with Crippen molar-refractivity contribution >= 4 is 21.7 Å². The number of nitrogens with zero attached hydrogens (tertiary/aromatic N) is 4. The molecule has 2 aliphatic rings. The molecule has 1 unspecified atom stereocenters. The fraction of sp³-hybridized carbons (Fsp3) is 0.483. The van der Waals surface area contributed by atoms with Crippen molar-refractivity contribution in [1.82, 2.24) is 25.3 Å². The molecule has 3 aromatic rings. The Kier molecular flexibility index (Phi) is 8.23. The number of anilines is 1. The van der Waals surface area contributed by atoms with E-state index in [0.29, 0.717) is 48.3 Å². The Morgan fingerprint density at radius 2 is 1.79 bits per heavy atom. The topological polar surface area (TPSA) is 127 Å². The van der Waals surface area contributed by atoms with Gasteiger partial charge in [-0.25, -0.2) is 13.4 Å². The van der Waals surface area contributed by atoms with E-state index < -0.39 is 21.6 Å². The molecule has 1 aromatic carbocycles. The highest BCUT2D eigenvalue weighted by atomic mass is 32.2. The van der Waals surface area contributed by atoms with Gasteiger partial charge in [0.05, 0.1) is 10.5 Å². The molecule has 9 nitrogen and oxygen atoms in total. The van der Waals surface area contributed by atoms with Crippen LogP contribution in [0.5, 0.6) is 0 Å². The van der Waals surface area contributed by atoms with Crippen LogP contribution in [0.4, 0.5) is 19.1 Å². The Hall–Kier alpha value is -3.61. The number of carbonyl (C=O) groups excluding carboxylic acids is 1. The molecule has 1 spiro atoms. The molecule has 224 valence electrons. The first-order valence-corrected chi connectivity index (χ1v) is 15.8. The number of nitrogens with one attached hydrogen (secondary N) is 2. The molecule has 0 radical (unpaired) electrons. The number of aromatic nitrogens is 4. The standard InChI is InChI=1S/C29H33F3N6O3S/c1-33-27-37-24(36-25(38-27)18-3-6-22(7-4-18)42(2,40)41)8-5-21-15-28(21)12-9-19(10-13-28)26(39)35-17-20-16-34-14-11-23(20)29(30,31)32/h3-4,6-7,11,14,16,19,21H,5,8-10,12-13,15,17H2,1-2H3,(H,35,39)(H,33,36,37,38). The van der Waals surface area contributed by atoms with E-state index >= 15 is 0 Å². The summed E-state index contributed by atoms with van der Waals surface area (Å²) in [6.45, 7) is -0.198. The highest BCUT2D eigenvalue weighted by molar-refractivity contribution is 7.90. The van der Waals surface area contributed by atoms with Crippen LogP contribution in [0.15, 0.2) is 47.6 Å². The van der Waals surface area contributed by atoms with Crippen LogP contribution in [0.2, 0.25) is 0 Å². The van der Waals surface area contributed by atoms with Gasteiger partial charge in [-0.2, -0.15) is 23.1 Å². The number of alkyl halides is 3. The van der Waals surface area contributed by atoms with Crippen molar-refractivity contribution < 1.29 is 26.4 Å². The number of hydrogen-bond donors (Lipinski definition) is 2. The lowest BCUT2D eigenvalue weighted by Crippen LogP contribution is -2.34. The maximum absolute atomic E-state index is 13.2. The van der Waals surface area contributed by atoms with Gasteiger partial charge in [0, 0.05) is 55.7 Å². The first-order chi connectivity index (χ1) is 19.9. The summed E-state index contributed by atoms with van der Waals surface area (Å²) in [7, 11) is -1.58. The van der Waals surface area contributed by atoms with E-state index in [9.17, 15) is 26.4 Å². The van der Waals surface area contributed by atoms with Gasteiger partial charge in [0.15, 0.2) is 15.7 Å². The SMILES string of the molecule is CNc1nc(CCC2CC23CCC(C(=O)NCc2cnccc2C(F)(F)F)CC3)nc(-c2ccc(S(C)(=O)=O)cc2)n1. The summed E-state index contributed by atoms with van der Waals surface area (Å²) in [5.41, 5.74) is 0.0763. The summed E-state index contributed by atoms with van der Waals surface area (Å²) in [6.07, 6.45) is 4.80. The molecule has 2 aromatic heterocycles.